The van der Waals surface area contributed by atoms with E-state index in [0.29, 0.717) is 13.0 Å². The van der Waals surface area contributed by atoms with Crippen LogP contribution < -0.4 is 10.6 Å². The van der Waals surface area contributed by atoms with E-state index in [1.807, 2.05) is 37.5 Å². The highest BCUT2D eigenvalue weighted by Gasteiger charge is 2.06. The van der Waals surface area contributed by atoms with Gasteiger partial charge >= 0.3 is 0 Å². The lowest BCUT2D eigenvalue weighted by molar-refractivity contribution is -0.119. The van der Waals surface area contributed by atoms with Crippen molar-refractivity contribution in [2.24, 2.45) is 7.05 Å². The van der Waals surface area contributed by atoms with Crippen LogP contribution in [-0.2, 0) is 24.8 Å². The average molecular weight is 259 g/mol. The number of aryl methyl sites for hydroxylation is 1. The minimum Gasteiger partial charge on any atom is -0.379 e. The molecule has 0 aliphatic carbocycles. The number of rotatable bonds is 5. The molecule has 6 heteroatoms. The molecule has 19 heavy (non-hydrogen) atoms. The van der Waals surface area contributed by atoms with Gasteiger partial charge in [0.15, 0.2) is 0 Å². The lowest BCUT2D eigenvalue weighted by atomic mass is 10.1. The summed E-state index contributed by atoms with van der Waals surface area (Å²) in [4.78, 5) is 11.4. The monoisotopic (exact) mass is 259 g/mol. The van der Waals surface area contributed by atoms with Crippen LogP contribution in [0.25, 0.3) is 0 Å². The second-order valence-electron chi connectivity index (χ2n) is 4.24. The largest absolute Gasteiger partial charge is 0.379 e. The number of para-hydroxylation sites is 1. The maximum atomic E-state index is 11.4. The molecule has 0 saturated carbocycles. The molecule has 1 aromatic carbocycles. The van der Waals surface area contributed by atoms with Gasteiger partial charge in [-0.05, 0) is 11.6 Å². The van der Waals surface area contributed by atoms with Gasteiger partial charge in [0.2, 0.25) is 5.91 Å². The predicted molar refractivity (Wildman–Crippen MR) is 72.5 cm³/mol. The highest BCUT2D eigenvalue weighted by atomic mass is 16.1. The molecule has 2 aromatic rings. The van der Waals surface area contributed by atoms with E-state index in [0.717, 1.165) is 16.9 Å². The third-order valence-corrected chi connectivity index (χ3v) is 2.76. The lowest BCUT2D eigenvalue weighted by Gasteiger charge is -2.10. The normalized spacial score (nSPS) is 10.2. The van der Waals surface area contributed by atoms with Gasteiger partial charge in [0.1, 0.15) is 5.69 Å². The summed E-state index contributed by atoms with van der Waals surface area (Å²) in [5.41, 5.74) is 2.76. The van der Waals surface area contributed by atoms with E-state index in [1.54, 1.807) is 11.7 Å². The molecule has 0 spiro atoms. The van der Waals surface area contributed by atoms with Crippen molar-refractivity contribution in [1.82, 2.24) is 20.3 Å². The van der Waals surface area contributed by atoms with Crippen molar-refractivity contribution in [3.63, 3.8) is 0 Å². The van der Waals surface area contributed by atoms with Crippen LogP contribution in [0.4, 0.5) is 5.69 Å². The van der Waals surface area contributed by atoms with Crippen LogP contribution in [0.5, 0.6) is 0 Å². The zero-order chi connectivity index (χ0) is 13.7. The fraction of sp³-hybridized carbons (Fsp3) is 0.308. The first-order chi connectivity index (χ1) is 9.19. The van der Waals surface area contributed by atoms with Gasteiger partial charge in [0.05, 0.1) is 13.0 Å². The molecular formula is C13H17N5O. The second kappa shape index (κ2) is 5.99. The summed E-state index contributed by atoms with van der Waals surface area (Å²) in [7, 11) is 3.47. The Labute approximate surface area is 111 Å². The first kappa shape index (κ1) is 13.1. The first-order valence-electron chi connectivity index (χ1n) is 6.06. The standard InChI is InChI=1S/C13H17N5O/c1-14-13(19)7-10-5-3-4-6-12(10)15-8-11-9-18(2)17-16-11/h3-6,9,15H,7-8H2,1-2H3,(H,14,19). The summed E-state index contributed by atoms with van der Waals surface area (Å²) in [6.07, 6.45) is 2.22. The topological polar surface area (TPSA) is 71.8 Å². The third-order valence-electron chi connectivity index (χ3n) is 2.76. The van der Waals surface area contributed by atoms with Gasteiger partial charge in [-0.2, -0.15) is 0 Å². The minimum absolute atomic E-state index is 0.00578. The molecule has 2 rings (SSSR count). The number of carbonyl (C=O) groups is 1. The Hall–Kier alpha value is -2.37. The molecule has 100 valence electrons. The molecule has 0 radical (unpaired) electrons. The smallest absolute Gasteiger partial charge is 0.224 e. The molecule has 1 amide bonds. The van der Waals surface area contributed by atoms with Gasteiger partial charge in [0, 0.05) is 26.0 Å². The number of carbonyl (C=O) groups excluding carboxylic acids is 1. The molecule has 0 atom stereocenters. The van der Waals surface area contributed by atoms with Crippen molar-refractivity contribution >= 4 is 11.6 Å². The number of nitrogens with one attached hydrogen (secondary N) is 2. The number of benzene rings is 1. The third kappa shape index (κ3) is 3.54. The Bertz CT molecular complexity index is 564. The Kier molecular flexibility index (Phi) is 4.12. The average Bonchev–Trinajstić information content (AvgIpc) is 2.83. The SMILES string of the molecule is CNC(=O)Cc1ccccc1NCc1cn(C)nn1. The maximum absolute atomic E-state index is 11.4. The number of anilines is 1. The number of amides is 1. The minimum atomic E-state index is -0.00578. The van der Waals surface area contributed by atoms with Crippen molar-refractivity contribution in [2.45, 2.75) is 13.0 Å². The van der Waals surface area contributed by atoms with E-state index < -0.39 is 0 Å². The van der Waals surface area contributed by atoms with E-state index in [-0.39, 0.29) is 5.91 Å². The maximum Gasteiger partial charge on any atom is 0.224 e. The van der Waals surface area contributed by atoms with Gasteiger partial charge in [-0.25, -0.2) is 0 Å². The summed E-state index contributed by atoms with van der Waals surface area (Å²) < 4.78 is 1.66. The van der Waals surface area contributed by atoms with Crippen LogP contribution in [0.2, 0.25) is 0 Å². The van der Waals surface area contributed by atoms with Gasteiger partial charge in [-0.15, -0.1) is 5.10 Å². The molecular weight excluding hydrogens is 242 g/mol. The first-order valence-corrected chi connectivity index (χ1v) is 6.06. The summed E-state index contributed by atoms with van der Waals surface area (Å²) in [5, 5.41) is 13.8. The van der Waals surface area contributed by atoms with Crippen molar-refractivity contribution in [3.8, 4) is 0 Å². The zero-order valence-corrected chi connectivity index (χ0v) is 11.1. The number of aromatic nitrogens is 3. The van der Waals surface area contributed by atoms with E-state index >= 15 is 0 Å². The molecule has 1 aromatic heterocycles. The summed E-state index contributed by atoms with van der Waals surface area (Å²) in [6.45, 7) is 0.582. The molecule has 6 nitrogen and oxygen atoms in total. The second-order valence-corrected chi connectivity index (χ2v) is 4.24. The van der Waals surface area contributed by atoms with Gasteiger partial charge in [-0.1, -0.05) is 23.4 Å². The number of likely N-dealkylation sites (N-methyl/N-ethyl adjacent to an activating group) is 1. The highest BCUT2D eigenvalue weighted by molar-refractivity contribution is 5.80. The number of hydrogen-bond acceptors (Lipinski definition) is 4. The molecule has 1 heterocycles. The van der Waals surface area contributed by atoms with Gasteiger partial charge in [-0.3, -0.25) is 9.48 Å². The van der Waals surface area contributed by atoms with Crippen LogP contribution >= 0.6 is 0 Å². The number of nitrogens with zero attached hydrogens (tertiary/aromatic N) is 3. The molecule has 0 saturated heterocycles. The Morgan fingerprint density at radius 3 is 2.84 bits per heavy atom. The molecule has 0 bridgehead atoms. The van der Waals surface area contributed by atoms with Crippen LogP contribution in [0.15, 0.2) is 30.5 Å². The summed E-state index contributed by atoms with van der Waals surface area (Å²) in [5.74, 6) is -0.00578. The Morgan fingerprint density at radius 2 is 2.16 bits per heavy atom. The molecule has 0 unspecified atom stereocenters. The van der Waals surface area contributed by atoms with E-state index in [1.165, 1.54) is 0 Å². The van der Waals surface area contributed by atoms with E-state index in [2.05, 4.69) is 20.9 Å². The molecule has 0 aliphatic heterocycles. The van der Waals surface area contributed by atoms with Crippen LogP contribution in [-0.4, -0.2) is 27.9 Å². The Balaban J connectivity index is 2.05. The van der Waals surface area contributed by atoms with Gasteiger partial charge < -0.3 is 10.6 Å². The van der Waals surface area contributed by atoms with Crippen LogP contribution in [0, 0.1) is 0 Å². The van der Waals surface area contributed by atoms with E-state index in [4.69, 9.17) is 0 Å². The van der Waals surface area contributed by atoms with Crippen molar-refractivity contribution in [1.29, 1.82) is 0 Å². The molecule has 0 aliphatic rings. The van der Waals surface area contributed by atoms with Gasteiger partial charge in [0.25, 0.3) is 0 Å². The van der Waals surface area contributed by atoms with Crippen molar-refractivity contribution in [2.75, 3.05) is 12.4 Å². The predicted octanol–water partition coefficient (Wildman–Crippen LogP) is 0.716. The summed E-state index contributed by atoms with van der Waals surface area (Å²) >= 11 is 0. The van der Waals surface area contributed by atoms with Crippen LogP contribution in [0.1, 0.15) is 11.3 Å². The molecule has 0 fully saturated rings. The fourth-order valence-corrected chi connectivity index (χ4v) is 1.77. The van der Waals surface area contributed by atoms with Crippen molar-refractivity contribution in [3.05, 3.63) is 41.7 Å². The quantitative estimate of drug-likeness (QED) is 0.829. The van der Waals surface area contributed by atoms with Crippen LogP contribution in [0.3, 0.4) is 0 Å². The fourth-order valence-electron chi connectivity index (χ4n) is 1.77. The molecule has 2 N–H and O–H groups in total. The highest BCUT2D eigenvalue weighted by Crippen LogP contribution is 2.16. The van der Waals surface area contributed by atoms with E-state index in [9.17, 15) is 4.79 Å². The summed E-state index contributed by atoms with van der Waals surface area (Å²) in [6, 6.07) is 7.75. The number of hydrogen-bond donors (Lipinski definition) is 2. The van der Waals surface area contributed by atoms with Crippen molar-refractivity contribution < 1.29 is 4.79 Å². The lowest BCUT2D eigenvalue weighted by Crippen LogP contribution is -2.20. The zero-order valence-electron chi connectivity index (χ0n) is 11.1. The Morgan fingerprint density at radius 1 is 1.37 bits per heavy atom.